The highest BCUT2D eigenvalue weighted by Gasteiger charge is 2.13. The minimum absolute atomic E-state index is 0.122. The van der Waals surface area contributed by atoms with E-state index >= 15 is 0 Å². The van der Waals surface area contributed by atoms with Gasteiger partial charge in [-0.15, -0.1) is 11.3 Å². The summed E-state index contributed by atoms with van der Waals surface area (Å²) >= 11 is 7.27. The van der Waals surface area contributed by atoms with E-state index < -0.39 is 12.1 Å². The molecule has 2 aromatic heterocycles. The number of rotatable bonds is 4. The van der Waals surface area contributed by atoms with Crippen molar-refractivity contribution in [2.45, 2.75) is 6.10 Å². The van der Waals surface area contributed by atoms with Crippen molar-refractivity contribution >= 4 is 44.7 Å². The molecule has 118 valence electrons. The summed E-state index contributed by atoms with van der Waals surface area (Å²) in [7, 11) is 0. The van der Waals surface area contributed by atoms with Gasteiger partial charge in [-0.2, -0.15) is 0 Å². The normalized spacial score (nSPS) is 12.1. The van der Waals surface area contributed by atoms with Crippen molar-refractivity contribution < 1.29 is 9.90 Å². The second-order valence-corrected chi connectivity index (χ2v) is 6.41. The molecule has 3 aromatic rings. The maximum atomic E-state index is 11.8. The number of anilines is 1. The zero-order chi connectivity index (χ0) is 16.2. The average molecular weight is 348 g/mol. The number of amides is 2. The van der Waals surface area contributed by atoms with Gasteiger partial charge in [-0.05, 0) is 29.7 Å². The molecule has 0 saturated heterocycles. The van der Waals surface area contributed by atoms with Crippen LogP contribution in [0.1, 0.15) is 11.0 Å². The number of urea groups is 1. The number of benzene rings is 1. The van der Waals surface area contributed by atoms with Crippen molar-refractivity contribution in [2.24, 2.45) is 0 Å². The van der Waals surface area contributed by atoms with Gasteiger partial charge in [0, 0.05) is 21.5 Å². The Hall–Kier alpha value is -2.15. The molecule has 7 heteroatoms. The largest absolute Gasteiger partial charge is 0.386 e. The fourth-order valence-corrected chi connectivity index (χ4v) is 3.34. The predicted molar refractivity (Wildman–Crippen MR) is 93.1 cm³/mol. The van der Waals surface area contributed by atoms with Gasteiger partial charge < -0.3 is 15.7 Å². The number of aliphatic hydroxyl groups excluding tert-OH is 1. The summed E-state index contributed by atoms with van der Waals surface area (Å²) in [5, 5.41) is 16.9. The molecule has 0 radical (unpaired) electrons. The van der Waals surface area contributed by atoms with Crippen molar-refractivity contribution in [1.29, 1.82) is 0 Å². The fourth-order valence-electron chi connectivity index (χ4n) is 2.11. The molecule has 23 heavy (non-hydrogen) atoms. The van der Waals surface area contributed by atoms with Crippen LogP contribution in [0.2, 0.25) is 5.15 Å². The summed E-state index contributed by atoms with van der Waals surface area (Å²) in [4.78, 5) is 16.5. The molecule has 0 aliphatic carbocycles. The molecule has 3 rings (SSSR count). The van der Waals surface area contributed by atoms with E-state index in [1.807, 2.05) is 30.3 Å². The lowest BCUT2D eigenvalue weighted by molar-refractivity contribution is 0.178. The third-order valence-electron chi connectivity index (χ3n) is 3.21. The molecule has 2 heterocycles. The number of aliphatic hydroxyl groups is 1. The standard InChI is InChI=1S/C16H14ClN3O2S/c17-15-8-11(5-6-18-15)20-16(22)19-9-12(21)14-7-10-3-1-2-4-13(10)23-14/h1-8,12,21H,9H2,(H2,18,19,20,22). The minimum atomic E-state index is -0.751. The Morgan fingerprint density at radius 1 is 1.30 bits per heavy atom. The van der Waals surface area contributed by atoms with Crippen molar-refractivity contribution in [1.82, 2.24) is 10.3 Å². The number of nitrogens with zero attached hydrogens (tertiary/aromatic N) is 1. The Labute approximate surface area is 141 Å². The van der Waals surface area contributed by atoms with E-state index in [0.717, 1.165) is 15.0 Å². The first-order chi connectivity index (χ1) is 11.1. The van der Waals surface area contributed by atoms with Crippen molar-refractivity contribution in [3.8, 4) is 0 Å². The van der Waals surface area contributed by atoms with Crippen molar-refractivity contribution in [2.75, 3.05) is 11.9 Å². The van der Waals surface area contributed by atoms with E-state index in [2.05, 4.69) is 15.6 Å². The van der Waals surface area contributed by atoms with Gasteiger partial charge in [0.15, 0.2) is 0 Å². The van der Waals surface area contributed by atoms with Gasteiger partial charge in [0.05, 0.1) is 6.54 Å². The van der Waals surface area contributed by atoms with E-state index in [9.17, 15) is 9.90 Å². The summed E-state index contributed by atoms with van der Waals surface area (Å²) in [6.45, 7) is 0.122. The van der Waals surface area contributed by atoms with Gasteiger partial charge in [0.2, 0.25) is 0 Å². The van der Waals surface area contributed by atoms with Gasteiger partial charge in [-0.3, -0.25) is 0 Å². The molecule has 0 bridgehead atoms. The number of hydrogen-bond acceptors (Lipinski definition) is 4. The number of halogens is 1. The first-order valence-electron chi connectivity index (χ1n) is 6.95. The van der Waals surface area contributed by atoms with E-state index in [1.54, 1.807) is 12.1 Å². The molecule has 1 aromatic carbocycles. The predicted octanol–water partition coefficient (Wildman–Crippen LogP) is 3.80. The second kappa shape index (κ2) is 6.95. The molecule has 5 nitrogen and oxygen atoms in total. The lowest BCUT2D eigenvalue weighted by Crippen LogP contribution is -2.32. The van der Waals surface area contributed by atoms with Crippen LogP contribution in [0.3, 0.4) is 0 Å². The second-order valence-electron chi connectivity index (χ2n) is 4.90. The van der Waals surface area contributed by atoms with Crippen LogP contribution in [-0.4, -0.2) is 22.7 Å². The molecule has 0 spiro atoms. The third kappa shape index (κ3) is 3.98. The lowest BCUT2D eigenvalue weighted by atomic mass is 10.2. The molecule has 0 saturated carbocycles. The van der Waals surface area contributed by atoms with Crippen LogP contribution in [-0.2, 0) is 0 Å². The van der Waals surface area contributed by atoms with E-state index in [-0.39, 0.29) is 6.54 Å². The fraction of sp³-hybridized carbons (Fsp3) is 0.125. The van der Waals surface area contributed by atoms with Crippen LogP contribution in [0, 0.1) is 0 Å². The minimum Gasteiger partial charge on any atom is -0.386 e. The molecule has 0 aliphatic heterocycles. The SMILES string of the molecule is O=C(NCC(O)c1cc2ccccc2s1)Nc1ccnc(Cl)c1. The van der Waals surface area contributed by atoms with Crippen LogP contribution in [0.5, 0.6) is 0 Å². The maximum absolute atomic E-state index is 11.8. The number of nitrogens with one attached hydrogen (secondary N) is 2. The quantitative estimate of drug-likeness (QED) is 0.628. The number of pyridine rings is 1. The summed E-state index contributed by atoms with van der Waals surface area (Å²) in [6, 6.07) is 12.6. The Kier molecular flexibility index (Phi) is 4.76. The Morgan fingerprint density at radius 3 is 2.91 bits per heavy atom. The zero-order valence-electron chi connectivity index (χ0n) is 12.0. The monoisotopic (exact) mass is 347 g/mol. The number of thiophene rings is 1. The first-order valence-corrected chi connectivity index (χ1v) is 8.14. The summed E-state index contributed by atoms with van der Waals surface area (Å²) in [5.74, 6) is 0. The molecule has 2 amide bonds. The van der Waals surface area contributed by atoms with Crippen molar-refractivity contribution in [3.05, 3.63) is 58.7 Å². The third-order valence-corrected chi connectivity index (χ3v) is 4.64. The number of hydrogen-bond donors (Lipinski definition) is 3. The van der Waals surface area contributed by atoms with Crippen LogP contribution < -0.4 is 10.6 Å². The molecular weight excluding hydrogens is 334 g/mol. The highest BCUT2D eigenvalue weighted by molar-refractivity contribution is 7.19. The average Bonchev–Trinajstić information content (AvgIpc) is 2.97. The lowest BCUT2D eigenvalue weighted by Gasteiger charge is -2.11. The van der Waals surface area contributed by atoms with Crippen molar-refractivity contribution in [3.63, 3.8) is 0 Å². The van der Waals surface area contributed by atoms with Crippen LogP contribution in [0.4, 0.5) is 10.5 Å². The van der Waals surface area contributed by atoms with Crippen LogP contribution in [0.25, 0.3) is 10.1 Å². The number of carbonyl (C=O) groups is 1. The van der Waals surface area contributed by atoms with E-state index in [4.69, 9.17) is 11.6 Å². The molecule has 1 atom stereocenters. The van der Waals surface area contributed by atoms with Gasteiger partial charge in [0.25, 0.3) is 0 Å². The molecule has 1 unspecified atom stereocenters. The van der Waals surface area contributed by atoms with E-state index in [0.29, 0.717) is 10.8 Å². The first kappa shape index (κ1) is 15.7. The molecule has 0 fully saturated rings. The Morgan fingerprint density at radius 2 is 2.13 bits per heavy atom. The highest BCUT2D eigenvalue weighted by atomic mass is 35.5. The number of fused-ring (bicyclic) bond motifs is 1. The molecule has 0 aliphatic rings. The summed E-state index contributed by atoms with van der Waals surface area (Å²) in [5.41, 5.74) is 0.541. The zero-order valence-corrected chi connectivity index (χ0v) is 13.6. The Bertz CT molecular complexity index is 804. The van der Waals surface area contributed by atoms with E-state index in [1.165, 1.54) is 17.5 Å². The Balaban J connectivity index is 1.57. The topological polar surface area (TPSA) is 74.2 Å². The maximum Gasteiger partial charge on any atom is 0.319 e. The van der Waals surface area contributed by atoms with Gasteiger partial charge >= 0.3 is 6.03 Å². The van der Waals surface area contributed by atoms with Crippen LogP contribution >= 0.6 is 22.9 Å². The molecular formula is C16H14ClN3O2S. The smallest absolute Gasteiger partial charge is 0.319 e. The number of aromatic nitrogens is 1. The summed E-state index contributed by atoms with van der Waals surface area (Å²) in [6.07, 6.45) is 0.753. The van der Waals surface area contributed by atoms with Gasteiger partial charge in [-0.1, -0.05) is 29.8 Å². The highest BCUT2D eigenvalue weighted by Crippen LogP contribution is 2.29. The van der Waals surface area contributed by atoms with Gasteiger partial charge in [-0.25, -0.2) is 9.78 Å². The molecule has 3 N–H and O–H groups in total. The number of carbonyl (C=O) groups excluding carboxylic acids is 1. The van der Waals surface area contributed by atoms with Gasteiger partial charge in [0.1, 0.15) is 11.3 Å². The van der Waals surface area contributed by atoms with Crippen LogP contribution in [0.15, 0.2) is 48.7 Å². The summed E-state index contributed by atoms with van der Waals surface area (Å²) < 4.78 is 1.11.